The van der Waals surface area contributed by atoms with Gasteiger partial charge in [0.05, 0.1) is 6.61 Å². The summed E-state index contributed by atoms with van der Waals surface area (Å²) in [4.78, 5) is 4.48. The van der Waals surface area contributed by atoms with E-state index in [1.165, 1.54) is 5.56 Å². The molecule has 0 spiro atoms. The summed E-state index contributed by atoms with van der Waals surface area (Å²) in [6.45, 7) is 2.89. The predicted octanol–water partition coefficient (Wildman–Crippen LogP) is 2.80. The van der Waals surface area contributed by atoms with Crippen LogP contribution in [-0.2, 0) is 11.2 Å². The molecule has 0 amide bonds. The van der Waals surface area contributed by atoms with Crippen LogP contribution in [0.4, 0.5) is 5.69 Å². The van der Waals surface area contributed by atoms with Crippen LogP contribution in [0.25, 0.3) is 0 Å². The van der Waals surface area contributed by atoms with Crippen molar-refractivity contribution in [2.45, 2.75) is 25.4 Å². The minimum atomic E-state index is -0.0342. The molecule has 1 aromatic heterocycles. The van der Waals surface area contributed by atoms with Gasteiger partial charge in [-0.25, -0.2) is 0 Å². The molecule has 112 valence electrons. The third kappa shape index (κ3) is 3.57. The van der Waals surface area contributed by atoms with Crippen LogP contribution in [-0.4, -0.2) is 28.3 Å². The second-order valence-electron chi connectivity index (χ2n) is 5.25. The van der Waals surface area contributed by atoms with Crippen LogP contribution in [0.1, 0.15) is 36.2 Å². The largest absolute Gasteiger partial charge is 0.399 e. The molecule has 2 aromatic rings. The van der Waals surface area contributed by atoms with Crippen molar-refractivity contribution in [1.29, 1.82) is 0 Å². The zero-order valence-electron chi connectivity index (χ0n) is 12.0. The molecule has 2 unspecified atom stereocenters. The van der Waals surface area contributed by atoms with Crippen LogP contribution < -0.4 is 5.73 Å². The summed E-state index contributed by atoms with van der Waals surface area (Å²) in [5.41, 5.74) is 7.70. The number of hydrogen-bond donors (Lipinski definition) is 1. The van der Waals surface area contributed by atoms with Crippen LogP contribution in [0.3, 0.4) is 0 Å². The number of thioether (sulfide) groups is 1. The number of hydrogen-bond acceptors (Lipinski definition) is 6. The highest BCUT2D eigenvalue weighted by Crippen LogP contribution is 2.26. The van der Waals surface area contributed by atoms with Gasteiger partial charge >= 0.3 is 0 Å². The molecule has 1 saturated heterocycles. The molecular formula is C15H19N3O2S. The lowest BCUT2D eigenvalue weighted by Crippen LogP contribution is -2.16. The number of benzene rings is 1. The third-order valence-corrected chi connectivity index (χ3v) is 4.57. The summed E-state index contributed by atoms with van der Waals surface area (Å²) >= 11 is 1.86. The van der Waals surface area contributed by atoms with Crippen LogP contribution in [0.5, 0.6) is 0 Å². The molecule has 0 bridgehead atoms. The minimum absolute atomic E-state index is 0.0342. The zero-order chi connectivity index (χ0) is 14.7. The van der Waals surface area contributed by atoms with Gasteiger partial charge in [0.15, 0.2) is 0 Å². The first kappa shape index (κ1) is 14.4. The Morgan fingerprint density at radius 3 is 2.90 bits per heavy atom. The SMILES string of the molecule is CC(Cc1nc(C2CSCCO2)no1)c1ccc(N)cc1. The van der Waals surface area contributed by atoms with E-state index in [2.05, 4.69) is 17.1 Å². The number of nitrogens with zero attached hydrogens (tertiary/aromatic N) is 2. The molecular weight excluding hydrogens is 286 g/mol. The molecule has 1 aromatic carbocycles. The topological polar surface area (TPSA) is 74.2 Å². The number of rotatable bonds is 4. The van der Waals surface area contributed by atoms with Crippen molar-refractivity contribution in [3.63, 3.8) is 0 Å². The number of aromatic nitrogens is 2. The van der Waals surface area contributed by atoms with Crippen molar-refractivity contribution in [2.24, 2.45) is 0 Å². The summed E-state index contributed by atoms with van der Waals surface area (Å²) in [7, 11) is 0. The van der Waals surface area contributed by atoms with Crippen LogP contribution in [0.15, 0.2) is 28.8 Å². The van der Waals surface area contributed by atoms with E-state index in [0.29, 0.717) is 17.6 Å². The van der Waals surface area contributed by atoms with E-state index < -0.39 is 0 Å². The Labute approximate surface area is 128 Å². The highest BCUT2D eigenvalue weighted by molar-refractivity contribution is 7.99. The number of ether oxygens (including phenoxy) is 1. The lowest BCUT2D eigenvalue weighted by Gasteiger charge is -2.18. The molecule has 1 fully saturated rings. The Morgan fingerprint density at radius 2 is 2.19 bits per heavy atom. The summed E-state index contributed by atoms with van der Waals surface area (Å²) in [5, 5.41) is 4.06. The van der Waals surface area contributed by atoms with Gasteiger partial charge in [0, 0.05) is 23.6 Å². The second kappa shape index (κ2) is 6.49. The van der Waals surface area contributed by atoms with Gasteiger partial charge in [-0.05, 0) is 23.6 Å². The van der Waals surface area contributed by atoms with E-state index in [-0.39, 0.29) is 6.10 Å². The van der Waals surface area contributed by atoms with Gasteiger partial charge in [0.2, 0.25) is 11.7 Å². The van der Waals surface area contributed by atoms with Gasteiger partial charge < -0.3 is 15.0 Å². The normalized spacial score (nSPS) is 20.3. The van der Waals surface area contributed by atoms with Gasteiger partial charge in [0.1, 0.15) is 6.10 Å². The Kier molecular flexibility index (Phi) is 4.45. The first-order valence-electron chi connectivity index (χ1n) is 7.09. The van der Waals surface area contributed by atoms with Gasteiger partial charge in [0.25, 0.3) is 0 Å². The summed E-state index contributed by atoms with van der Waals surface area (Å²) in [6.07, 6.45) is 0.685. The minimum Gasteiger partial charge on any atom is -0.399 e. The monoisotopic (exact) mass is 305 g/mol. The van der Waals surface area contributed by atoms with E-state index in [1.54, 1.807) is 0 Å². The fourth-order valence-electron chi connectivity index (χ4n) is 2.32. The Hall–Kier alpha value is -1.53. The van der Waals surface area contributed by atoms with E-state index in [1.807, 2.05) is 36.0 Å². The van der Waals surface area contributed by atoms with E-state index >= 15 is 0 Å². The Morgan fingerprint density at radius 1 is 1.38 bits per heavy atom. The molecule has 2 N–H and O–H groups in total. The van der Waals surface area contributed by atoms with Gasteiger partial charge in [-0.3, -0.25) is 0 Å². The van der Waals surface area contributed by atoms with Crippen molar-refractivity contribution < 1.29 is 9.26 Å². The molecule has 2 heterocycles. The highest BCUT2D eigenvalue weighted by Gasteiger charge is 2.22. The van der Waals surface area contributed by atoms with Crippen molar-refractivity contribution in [2.75, 3.05) is 23.8 Å². The number of nitrogens with two attached hydrogens (primary N) is 1. The van der Waals surface area contributed by atoms with Crippen LogP contribution in [0, 0.1) is 0 Å². The van der Waals surface area contributed by atoms with Crippen molar-refractivity contribution >= 4 is 17.4 Å². The van der Waals surface area contributed by atoms with Gasteiger partial charge in [-0.2, -0.15) is 16.7 Å². The number of anilines is 1. The number of nitrogen functional groups attached to an aromatic ring is 1. The van der Waals surface area contributed by atoms with E-state index in [9.17, 15) is 0 Å². The highest BCUT2D eigenvalue weighted by atomic mass is 32.2. The summed E-state index contributed by atoms with van der Waals surface area (Å²) < 4.78 is 11.0. The van der Waals surface area contributed by atoms with Crippen molar-refractivity contribution in [3.8, 4) is 0 Å². The fourth-order valence-corrected chi connectivity index (χ4v) is 3.16. The average molecular weight is 305 g/mol. The van der Waals surface area contributed by atoms with E-state index in [0.717, 1.165) is 30.2 Å². The predicted molar refractivity (Wildman–Crippen MR) is 83.3 cm³/mol. The summed E-state index contributed by atoms with van der Waals surface area (Å²) in [6, 6.07) is 7.91. The zero-order valence-corrected chi connectivity index (χ0v) is 12.8. The smallest absolute Gasteiger partial charge is 0.227 e. The first-order chi connectivity index (χ1) is 10.2. The Bertz CT molecular complexity index is 579. The lowest BCUT2D eigenvalue weighted by atomic mass is 9.98. The molecule has 1 aliphatic rings. The van der Waals surface area contributed by atoms with E-state index in [4.69, 9.17) is 15.0 Å². The maximum Gasteiger partial charge on any atom is 0.227 e. The Balaban J connectivity index is 1.64. The molecule has 0 radical (unpaired) electrons. The average Bonchev–Trinajstić information content (AvgIpc) is 2.97. The van der Waals surface area contributed by atoms with Gasteiger partial charge in [-0.15, -0.1) is 0 Å². The maximum atomic E-state index is 5.71. The lowest BCUT2D eigenvalue weighted by molar-refractivity contribution is 0.0677. The molecule has 6 heteroatoms. The van der Waals surface area contributed by atoms with Crippen molar-refractivity contribution in [3.05, 3.63) is 41.5 Å². The molecule has 1 aliphatic heterocycles. The molecule has 3 rings (SSSR count). The fraction of sp³-hybridized carbons (Fsp3) is 0.467. The van der Waals surface area contributed by atoms with Crippen LogP contribution >= 0.6 is 11.8 Å². The first-order valence-corrected chi connectivity index (χ1v) is 8.25. The second-order valence-corrected chi connectivity index (χ2v) is 6.40. The van der Waals surface area contributed by atoms with Crippen LogP contribution in [0.2, 0.25) is 0 Å². The molecule has 0 saturated carbocycles. The molecule has 0 aliphatic carbocycles. The summed E-state index contributed by atoms with van der Waals surface area (Å²) in [5.74, 6) is 3.57. The third-order valence-electron chi connectivity index (χ3n) is 3.57. The van der Waals surface area contributed by atoms with Crippen molar-refractivity contribution in [1.82, 2.24) is 10.1 Å². The molecule has 21 heavy (non-hydrogen) atoms. The maximum absolute atomic E-state index is 5.71. The quantitative estimate of drug-likeness (QED) is 0.876. The van der Waals surface area contributed by atoms with Gasteiger partial charge in [-0.1, -0.05) is 24.2 Å². The standard InChI is InChI=1S/C15H19N3O2S/c1-10(11-2-4-12(16)5-3-11)8-14-17-15(18-20-14)13-9-21-7-6-19-13/h2-5,10,13H,6-9,16H2,1H3. The molecule has 2 atom stereocenters. The molecule has 5 nitrogen and oxygen atoms in total.